The largest absolute Gasteiger partial charge is 0.478 e. The second-order valence-corrected chi connectivity index (χ2v) is 9.04. The van der Waals surface area contributed by atoms with E-state index < -0.39 is 5.97 Å². The van der Waals surface area contributed by atoms with E-state index in [9.17, 15) is 18.8 Å². The zero-order valence-electron chi connectivity index (χ0n) is 20.9. The first-order valence-electron chi connectivity index (χ1n) is 12.2. The maximum absolute atomic E-state index is 13.1. The molecule has 0 radical (unpaired) electrons. The number of anilines is 1. The third-order valence-electron chi connectivity index (χ3n) is 6.38. The minimum Gasteiger partial charge on any atom is -0.478 e. The minimum absolute atomic E-state index is 0.00703. The summed E-state index contributed by atoms with van der Waals surface area (Å²) in [7, 11) is 0. The Balaban J connectivity index is 1.25. The fraction of sp³-hybridized carbons (Fsp3) is 0.0968. The van der Waals surface area contributed by atoms with Crippen LogP contribution in [0.1, 0.15) is 45.4 Å². The van der Waals surface area contributed by atoms with Crippen molar-refractivity contribution in [3.63, 3.8) is 0 Å². The molecule has 0 atom stereocenters. The van der Waals surface area contributed by atoms with E-state index in [0.717, 1.165) is 11.1 Å². The van der Waals surface area contributed by atoms with Crippen LogP contribution in [0.2, 0.25) is 0 Å². The van der Waals surface area contributed by atoms with Crippen LogP contribution in [0, 0.1) is 5.82 Å². The van der Waals surface area contributed by atoms with Crippen LogP contribution in [0.25, 0.3) is 17.4 Å². The van der Waals surface area contributed by atoms with Crippen LogP contribution >= 0.6 is 0 Å². The maximum Gasteiger partial charge on any atom is 0.335 e. The molecular weight excluding hydrogens is 499 g/mol. The number of carboxylic acid groups (broad SMARTS) is 1. The van der Waals surface area contributed by atoms with Gasteiger partial charge in [-0.2, -0.15) is 10.1 Å². The molecule has 0 fully saturated rings. The SMILES string of the molecule is CC1=NN(c2ccc(C(=O)O)cc2)C(=O)/C1=C\c1ccc(-c2ccc(C(=O)CCc3ccc(F)cc3)cc2)o1. The van der Waals surface area contributed by atoms with Gasteiger partial charge in [0.2, 0.25) is 0 Å². The number of furan rings is 1. The Bertz CT molecular complexity index is 1610. The number of amides is 1. The van der Waals surface area contributed by atoms with Crippen molar-refractivity contribution >= 4 is 35.1 Å². The van der Waals surface area contributed by atoms with Crippen LogP contribution in [0.4, 0.5) is 10.1 Å². The van der Waals surface area contributed by atoms with Crippen LogP contribution in [0.5, 0.6) is 0 Å². The Kier molecular flexibility index (Phi) is 7.01. The van der Waals surface area contributed by atoms with Gasteiger partial charge in [-0.3, -0.25) is 9.59 Å². The second kappa shape index (κ2) is 10.7. The monoisotopic (exact) mass is 522 g/mol. The molecule has 7 nitrogen and oxygen atoms in total. The average Bonchev–Trinajstić information content (AvgIpc) is 3.53. The number of halogens is 1. The molecular formula is C31H23FN2O5. The number of rotatable bonds is 8. The molecule has 5 rings (SSSR count). The standard InChI is InChI=1S/C31H23FN2O5/c1-19-27(30(36)34(33-19)25-13-9-23(10-14-25)31(37)38)18-26-15-17-29(39-26)22-7-5-21(6-8-22)28(35)16-4-20-2-11-24(32)12-3-20/h2-3,5-15,17-18H,4,16H2,1H3,(H,37,38)/b27-18-. The summed E-state index contributed by atoms with van der Waals surface area (Å²) in [5.41, 5.74) is 3.70. The third-order valence-corrected chi connectivity index (χ3v) is 6.38. The molecule has 0 aliphatic carbocycles. The van der Waals surface area contributed by atoms with Crippen molar-refractivity contribution in [1.82, 2.24) is 0 Å². The molecule has 0 bridgehead atoms. The minimum atomic E-state index is -1.05. The number of aromatic carboxylic acids is 1. The van der Waals surface area contributed by atoms with Gasteiger partial charge in [0.1, 0.15) is 17.3 Å². The van der Waals surface area contributed by atoms with Gasteiger partial charge in [0, 0.05) is 17.5 Å². The Hall–Kier alpha value is -5.11. The van der Waals surface area contributed by atoms with Gasteiger partial charge in [0.15, 0.2) is 5.78 Å². The molecule has 2 heterocycles. The van der Waals surface area contributed by atoms with Crippen molar-refractivity contribution < 1.29 is 28.3 Å². The van der Waals surface area contributed by atoms with Crippen molar-refractivity contribution in [2.75, 3.05) is 5.01 Å². The summed E-state index contributed by atoms with van der Waals surface area (Å²) in [4.78, 5) is 36.7. The van der Waals surface area contributed by atoms with Gasteiger partial charge in [0.25, 0.3) is 5.91 Å². The Morgan fingerprint density at radius 2 is 1.59 bits per heavy atom. The number of hydrogen-bond acceptors (Lipinski definition) is 5. The predicted molar refractivity (Wildman–Crippen MR) is 145 cm³/mol. The van der Waals surface area contributed by atoms with Gasteiger partial charge >= 0.3 is 5.97 Å². The molecule has 1 aliphatic rings. The Morgan fingerprint density at radius 1 is 0.923 bits per heavy atom. The highest BCUT2D eigenvalue weighted by atomic mass is 19.1. The fourth-order valence-electron chi connectivity index (χ4n) is 4.21. The lowest BCUT2D eigenvalue weighted by atomic mass is 10.0. The normalized spacial score (nSPS) is 14.1. The van der Waals surface area contributed by atoms with E-state index in [1.165, 1.54) is 41.4 Å². The van der Waals surface area contributed by atoms with Gasteiger partial charge in [-0.15, -0.1) is 0 Å². The van der Waals surface area contributed by atoms with E-state index in [0.29, 0.717) is 46.9 Å². The van der Waals surface area contributed by atoms with Crippen LogP contribution < -0.4 is 5.01 Å². The van der Waals surface area contributed by atoms with Crippen LogP contribution in [-0.4, -0.2) is 28.5 Å². The number of hydrogen-bond donors (Lipinski definition) is 1. The van der Waals surface area contributed by atoms with E-state index >= 15 is 0 Å². The highest BCUT2D eigenvalue weighted by Gasteiger charge is 2.29. The van der Waals surface area contributed by atoms with Crippen molar-refractivity contribution in [1.29, 1.82) is 0 Å². The van der Waals surface area contributed by atoms with E-state index in [1.807, 2.05) is 0 Å². The van der Waals surface area contributed by atoms with Crippen molar-refractivity contribution in [3.05, 3.63) is 119 Å². The zero-order chi connectivity index (χ0) is 27.5. The highest BCUT2D eigenvalue weighted by Crippen LogP contribution is 2.28. The molecule has 1 N–H and O–H groups in total. The number of aryl methyl sites for hydroxylation is 1. The highest BCUT2D eigenvalue weighted by molar-refractivity contribution is 6.32. The number of ketones is 1. The van der Waals surface area contributed by atoms with E-state index in [4.69, 9.17) is 9.52 Å². The van der Waals surface area contributed by atoms with Gasteiger partial charge in [-0.1, -0.05) is 36.4 Å². The number of nitrogens with zero attached hydrogens (tertiary/aromatic N) is 2. The molecule has 0 saturated heterocycles. The van der Waals surface area contributed by atoms with Crippen molar-refractivity contribution in [2.24, 2.45) is 5.10 Å². The zero-order valence-corrected chi connectivity index (χ0v) is 20.9. The van der Waals surface area contributed by atoms with E-state index in [-0.39, 0.29) is 23.1 Å². The molecule has 0 unspecified atom stereocenters. The number of carbonyl (C=O) groups is 3. The molecule has 1 aliphatic heterocycles. The summed E-state index contributed by atoms with van der Waals surface area (Å²) in [6.07, 6.45) is 2.46. The Labute approximate surface area is 223 Å². The van der Waals surface area contributed by atoms with E-state index in [1.54, 1.807) is 61.5 Å². The van der Waals surface area contributed by atoms with Crippen LogP contribution in [0.15, 0.2) is 100 Å². The molecule has 0 spiro atoms. The summed E-state index contributed by atoms with van der Waals surface area (Å²) >= 11 is 0. The van der Waals surface area contributed by atoms with Crippen molar-refractivity contribution in [2.45, 2.75) is 19.8 Å². The Morgan fingerprint density at radius 3 is 2.26 bits per heavy atom. The van der Waals surface area contributed by atoms with Crippen LogP contribution in [0.3, 0.4) is 0 Å². The van der Waals surface area contributed by atoms with Gasteiger partial charge in [-0.25, -0.2) is 9.18 Å². The molecule has 39 heavy (non-hydrogen) atoms. The molecule has 1 aromatic heterocycles. The second-order valence-electron chi connectivity index (χ2n) is 9.04. The summed E-state index contributed by atoms with van der Waals surface area (Å²) in [5, 5.41) is 14.6. The quantitative estimate of drug-likeness (QED) is 0.213. The molecule has 0 saturated carbocycles. The lowest BCUT2D eigenvalue weighted by Crippen LogP contribution is -2.21. The molecule has 1 amide bonds. The molecule has 3 aromatic carbocycles. The van der Waals surface area contributed by atoms with Crippen molar-refractivity contribution in [3.8, 4) is 11.3 Å². The average molecular weight is 523 g/mol. The number of Topliss-reactive ketones (excluding diaryl/α,β-unsaturated/α-hetero) is 1. The number of benzene rings is 3. The summed E-state index contributed by atoms with van der Waals surface area (Å²) in [6.45, 7) is 1.71. The van der Waals surface area contributed by atoms with Gasteiger partial charge in [-0.05, 0) is 73.5 Å². The first-order valence-corrected chi connectivity index (χ1v) is 12.2. The lowest BCUT2D eigenvalue weighted by molar-refractivity contribution is -0.114. The van der Waals surface area contributed by atoms with Gasteiger partial charge in [0.05, 0.1) is 22.5 Å². The smallest absolute Gasteiger partial charge is 0.335 e. The first-order chi connectivity index (χ1) is 18.8. The van der Waals surface area contributed by atoms with Crippen LogP contribution in [-0.2, 0) is 11.2 Å². The summed E-state index contributed by atoms with van der Waals surface area (Å²) < 4.78 is 19.0. The van der Waals surface area contributed by atoms with E-state index in [2.05, 4.69) is 5.10 Å². The first kappa shape index (κ1) is 25.5. The fourth-order valence-corrected chi connectivity index (χ4v) is 4.21. The number of carbonyl (C=O) groups excluding carboxylic acids is 2. The maximum atomic E-state index is 13.1. The topological polar surface area (TPSA) is 100 Å². The molecule has 194 valence electrons. The summed E-state index contributed by atoms with van der Waals surface area (Å²) in [6, 6.07) is 22.6. The summed E-state index contributed by atoms with van der Waals surface area (Å²) in [5.74, 6) is -0.669. The van der Waals surface area contributed by atoms with Gasteiger partial charge < -0.3 is 9.52 Å². The molecule has 8 heteroatoms. The molecule has 4 aromatic rings. The third kappa shape index (κ3) is 5.60. The number of carboxylic acids is 1. The predicted octanol–water partition coefficient (Wildman–Crippen LogP) is 6.41. The lowest BCUT2D eigenvalue weighted by Gasteiger charge is -2.11. The number of hydrazone groups is 1.